The van der Waals surface area contributed by atoms with Crippen LogP contribution in [0.1, 0.15) is 37.6 Å². The number of rotatable bonds is 2. The van der Waals surface area contributed by atoms with E-state index < -0.39 is 0 Å². The molecule has 4 nitrogen and oxygen atoms in total. The van der Waals surface area contributed by atoms with Gasteiger partial charge in [0.1, 0.15) is 0 Å². The van der Waals surface area contributed by atoms with Gasteiger partial charge in [-0.05, 0) is 36.7 Å². The molecule has 0 radical (unpaired) electrons. The number of aryl methyl sites for hydroxylation is 1. The summed E-state index contributed by atoms with van der Waals surface area (Å²) >= 11 is 1.66. The van der Waals surface area contributed by atoms with Crippen molar-refractivity contribution in [3.05, 3.63) is 20.8 Å². The molecule has 2 aromatic heterocycles. The fourth-order valence-corrected chi connectivity index (χ4v) is 4.08. The third kappa shape index (κ3) is 2.20. The van der Waals surface area contributed by atoms with E-state index in [1.54, 1.807) is 11.3 Å². The Kier molecular flexibility index (Phi) is 3.17. The predicted octanol–water partition coefficient (Wildman–Crippen LogP) is 2.63. The van der Waals surface area contributed by atoms with E-state index >= 15 is 0 Å². The molecule has 0 fully saturated rings. The van der Waals surface area contributed by atoms with Crippen molar-refractivity contribution in [3.63, 3.8) is 0 Å². The number of hydrogen-bond donors (Lipinski definition) is 0. The van der Waals surface area contributed by atoms with Gasteiger partial charge >= 0.3 is 0 Å². The van der Waals surface area contributed by atoms with E-state index in [4.69, 9.17) is 0 Å². The molecule has 0 aromatic carbocycles. The minimum atomic E-state index is 0.0470. The molecule has 0 N–H and O–H groups in total. The number of aromatic nitrogens is 3. The molecule has 2 aromatic rings. The predicted molar refractivity (Wildman–Crippen MR) is 77.7 cm³/mol. The Morgan fingerprint density at radius 2 is 2.26 bits per heavy atom. The summed E-state index contributed by atoms with van der Waals surface area (Å²) in [7, 11) is 0. The maximum Gasteiger partial charge on any atom is 0.278 e. The number of hydrogen-bond acceptors (Lipinski definition) is 4. The highest BCUT2D eigenvalue weighted by Crippen LogP contribution is 2.35. The van der Waals surface area contributed by atoms with Gasteiger partial charge in [-0.1, -0.05) is 26.0 Å². The van der Waals surface area contributed by atoms with E-state index in [2.05, 4.69) is 31.1 Å². The van der Waals surface area contributed by atoms with Crippen LogP contribution in [-0.4, -0.2) is 15.0 Å². The minimum Gasteiger partial charge on any atom is -0.267 e. The lowest BCUT2D eigenvalue weighted by Crippen LogP contribution is -2.26. The third-order valence-corrected chi connectivity index (χ3v) is 4.86. The molecule has 0 unspecified atom stereocenters. The summed E-state index contributed by atoms with van der Waals surface area (Å²) in [6, 6.07) is 0. The maximum absolute atomic E-state index is 12.5. The molecule has 102 valence electrons. The summed E-state index contributed by atoms with van der Waals surface area (Å²) in [5.41, 5.74) is 1.29. The van der Waals surface area contributed by atoms with Crippen molar-refractivity contribution in [3.8, 4) is 0 Å². The van der Waals surface area contributed by atoms with Gasteiger partial charge in [0.25, 0.3) is 5.56 Å². The van der Waals surface area contributed by atoms with Gasteiger partial charge in [-0.2, -0.15) is 0 Å². The second kappa shape index (κ2) is 4.71. The Balaban J connectivity index is 2.17. The van der Waals surface area contributed by atoms with Crippen LogP contribution < -0.4 is 5.56 Å². The average Bonchev–Trinajstić information content (AvgIpc) is 2.70. The van der Waals surface area contributed by atoms with Crippen molar-refractivity contribution in [2.45, 2.75) is 46.6 Å². The van der Waals surface area contributed by atoms with Crippen molar-refractivity contribution in [2.75, 3.05) is 0 Å². The van der Waals surface area contributed by atoms with E-state index in [1.807, 2.05) is 0 Å². The zero-order chi connectivity index (χ0) is 13.6. The van der Waals surface area contributed by atoms with Crippen LogP contribution >= 0.6 is 11.3 Å². The van der Waals surface area contributed by atoms with Crippen molar-refractivity contribution in [1.29, 1.82) is 0 Å². The van der Waals surface area contributed by atoms with Crippen molar-refractivity contribution in [2.24, 2.45) is 11.8 Å². The molecule has 2 heterocycles. The minimum absolute atomic E-state index is 0.0470. The van der Waals surface area contributed by atoms with E-state index in [-0.39, 0.29) is 5.56 Å². The topological polar surface area (TPSA) is 47.8 Å². The van der Waals surface area contributed by atoms with Crippen LogP contribution in [0.25, 0.3) is 10.2 Å². The van der Waals surface area contributed by atoms with Gasteiger partial charge in [0.05, 0.1) is 5.39 Å². The van der Waals surface area contributed by atoms with E-state index in [9.17, 15) is 4.79 Å². The molecule has 5 heteroatoms. The van der Waals surface area contributed by atoms with Gasteiger partial charge < -0.3 is 0 Å². The molecule has 19 heavy (non-hydrogen) atoms. The summed E-state index contributed by atoms with van der Waals surface area (Å²) in [5.74, 6) is 1.12. The molecule has 3 rings (SSSR count). The zero-order valence-corrected chi connectivity index (χ0v) is 12.5. The van der Waals surface area contributed by atoms with Crippen molar-refractivity contribution < 1.29 is 0 Å². The van der Waals surface area contributed by atoms with Crippen molar-refractivity contribution in [1.82, 2.24) is 15.0 Å². The van der Waals surface area contributed by atoms with Crippen LogP contribution in [0, 0.1) is 11.8 Å². The summed E-state index contributed by atoms with van der Waals surface area (Å²) in [5, 5.41) is 9.17. The number of fused-ring (bicyclic) bond motifs is 3. The van der Waals surface area contributed by atoms with Gasteiger partial charge in [-0.15, -0.1) is 16.4 Å². The average molecular weight is 277 g/mol. The SMILES string of the molecule is CC(C)Cn1nnc2sc3c(c2c1=O)CC[C@H](C)C3. The Labute approximate surface area is 116 Å². The Morgan fingerprint density at radius 1 is 1.47 bits per heavy atom. The highest BCUT2D eigenvalue weighted by atomic mass is 32.1. The molecule has 0 bridgehead atoms. The normalized spacial score (nSPS) is 19.1. The van der Waals surface area contributed by atoms with Gasteiger partial charge in [-0.3, -0.25) is 4.79 Å². The molecule has 1 aliphatic carbocycles. The van der Waals surface area contributed by atoms with Crippen LogP contribution in [-0.2, 0) is 19.4 Å². The molecular formula is C14H19N3OS. The van der Waals surface area contributed by atoms with E-state index in [1.165, 1.54) is 21.5 Å². The first kappa shape index (κ1) is 12.8. The van der Waals surface area contributed by atoms with E-state index in [0.29, 0.717) is 18.4 Å². The third-order valence-electron chi connectivity index (χ3n) is 3.72. The first-order valence-corrected chi connectivity index (χ1v) is 7.76. The van der Waals surface area contributed by atoms with Gasteiger partial charge in [0, 0.05) is 11.4 Å². The van der Waals surface area contributed by atoms with Crippen LogP contribution in [0.15, 0.2) is 4.79 Å². The summed E-state index contributed by atoms with van der Waals surface area (Å²) in [6.45, 7) is 7.09. The Morgan fingerprint density at radius 3 is 3.00 bits per heavy atom. The molecule has 0 spiro atoms. The quantitative estimate of drug-likeness (QED) is 0.848. The van der Waals surface area contributed by atoms with Gasteiger partial charge in [-0.25, -0.2) is 4.68 Å². The Bertz CT molecular complexity index is 671. The molecule has 1 aliphatic rings. The van der Waals surface area contributed by atoms with Crippen LogP contribution in [0.2, 0.25) is 0 Å². The zero-order valence-electron chi connectivity index (χ0n) is 11.6. The molecule has 0 aliphatic heterocycles. The fourth-order valence-electron chi connectivity index (χ4n) is 2.76. The van der Waals surface area contributed by atoms with Gasteiger partial charge in [0.2, 0.25) is 0 Å². The van der Waals surface area contributed by atoms with Crippen LogP contribution in [0.4, 0.5) is 0 Å². The maximum atomic E-state index is 12.5. The van der Waals surface area contributed by atoms with E-state index in [0.717, 1.165) is 23.1 Å². The van der Waals surface area contributed by atoms with Crippen LogP contribution in [0.3, 0.4) is 0 Å². The highest BCUT2D eigenvalue weighted by molar-refractivity contribution is 7.18. The number of thiophene rings is 1. The van der Waals surface area contributed by atoms with Crippen molar-refractivity contribution >= 4 is 21.6 Å². The standard InChI is InChI=1S/C14H19N3OS/c1-8(2)7-17-14(18)12-10-5-4-9(3)6-11(10)19-13(12)15-16-17/h8-9H,4-7H2,1-3H3/t9-/m0/s1. The highest BCUT2D eigenvalue weighted by Gasteiger charge is 2.23. The van der Waals surface area contributed by atoms with Crippen LogP contribution in [0.5, 0.6) is 0 Å². The second-order valence-corrected chi connectivity index (χ2v) is 7.09. The molecule has 0 saturated heterocycles. The lowest BCUT2D eigenvalue weighted by atomic mass is 9.89. The van der Waals surface area contributed by atoms with Gasteiger partial charge in [0.15, 0.2) is 4.83 Å². The summed E-state index contributed by atoms with van der Waals surface area (Å²) < 4.78 is 1.53. The fraction of sp³-hybridized carbons (Fsp3) is 0.643. The lowest BCUT2D eigenvalue weighted by molar-refractivity contribution is 0.449. The summed E-state index contributed by atoms with van der Waals surface area (Å²) in [4.78, 5) is 14.7. The lowest BCUT2D eigenvalue weighted by Gasteiger charge is -2.17. The largest absolute Gasteiger partial charge is 0.278 e. The number of nitrogens with zero attached hydrogens (tertiary/aromatic N) is 3. The summed E-state index contributed by atoms with van der Waals surface area (Å²) in [6.07, 6.45) is 3.27. The molecular weight excluding hydrogens is 258 g/mol. The molecule has 0 saturated carbocycles. The molecule has 1 atom stereocenters. The molecule has 0 amide bonds. The second-order valence-electron chi connectivity index (χ2n) is 6.00. The Hall–Kier alpha value is -1.23. The first-order chi connectivity index (χ1) is 9.06. The monoisotopic (exact) mass is 277 g/mol. The first-order valence-electron chi connectivity index (χ1n) is 6.94. The smallest absolute Gasteiger partial charge is 0.267 e.